The van der Waals surface area contributed by atoms with E-state index >= 15 is 0 Å². The molecule has 0 aliphatic heterocycles. The van der Waals surface area contributed by atoms with Crippen molar-refractivity contribution in [2.45, 2.75) is 0 Å². The fourth-order valence-corrected chi connectivity index (χ4v) is 0.524. The Morgan fingerprint density at radius 2 is 2.50 bits per heavy atom. The van der Waals surface area contributed by atoms with Crippen molar-refractivity contribution in [2.24, 2.45) is 10.8 Å². The summed E-state index contributed by atoms with van der Waals surface area (Å²) in [6.45, 7) is 1.15. The predicted molar refractivity (Wildman–Crippen MR) is 44.2 cm³/mol. The first kappa shape index (κ1) is 9.55. The molecule has 10 heavy (non-hydrogen) atoms. The molecule has 7 heteroatoms. The second-order valence-corrected chi connectivity index (χ2v) is 4.22. The Kier molecular flexibility index (Phi) is 3.49. The normalized spacial score (nSPS) is 16.6. The molecule has 0 aromatic rings. The van der Waals surface area contributed by atoms with Crippen molar-refractivity contribution in [3.8, 4) is 0 Å². The molecule has 0 heterocycles. The molecule has 0 saturated carbocycles. The summed E-state index contributed by atoms with van der Waals surface area (Å²) in [5, 5.41) is 3.25. The van der Waals surface area contributed by atoms with Crippen molar-refractivity contribution in [2.75, 3.05) is 6.66 Å². The first-order chi connectivity index (χ1) is 4.42. The first-order valence-corrected chi connectivity index (χ1v) is 4.90. The highest BCUT2D eigenvalue weighted by Crippen LogP contribution is 2.30. The molecule has 0 aliphatic rings. The second-order valence-electron chi connectivity index (χ2n) is 1.66. The minimum absolute atomic E-state index is 0.0373. The Bertz CT molecular complexity index is 198. The van der Waals surface area contributed by atoms with E-state index < -0.39 is 7.37 Å². The third-order valence-corrected chi connectivity index (χ3v) is 1.08. The van der Waals surface area contributed by atoms with Crippen LogP contribution in [0.5, 0.6) is 0 Å². The van der Waals surface area contributed by atoms with Gasteiger partial charge in [-0.05, 0) is 12.2 Å². The number of hydrogen-bond acceptors (Lipinski definition) is 3. The van der Waals surface area contributed by atoms with Gasteiger partial charge in [-0.3, -0.25) is 9.99 Å². The van der Waals surface area contributed by atoms with Gasteiger partial charge >= 0.3 is 0 Å². The van der Waals surface area contributed by atoms with Gasteiger partial charge in [0.05, 0.1) is 0 Å². The number of nitrogens with zero attached hydrogens (tertiary/aromatic N) is 1. The SMILES string of the molecule is CP(=O)(O)C=NNC(N)=S. The molecular weight excluding hydrogens is 173 g/mol. The van der Waals surface area contributed by atoms with Gasteiger partial charge in [0.1, 0.15) is 5.96 Å². The van der Waals surface area contributed by atoms with E-state index in [2.05, 4.69) is 22.7 Å². The molecule has 0 radical (unpaired) electrons. The number of thiocarbonyl (C=S) groups is 1. The molecule has 0 rings (SSSR count). The lowest BCUT2D eigenvalue weighted by Gasteiger charge is -1.95. The van der Waals surface area contributed by atoms with Gasteiger partial charge < -0.3 is 10.6 Å². The van der Waals surface area contributed by atoms with Crippen molar-refractivity contribution in [3.63, 3.8) is 0 Å². The Morgan fingerprint density at radius 3 is 2.80 bits per heavy atom. The zero-order valence-corrected chi connectivity index (χ0v) is 7.02. The van der Waals surface area contributed by atoms with Crippen LogP contribution in [0.4, 0.5) is 0 Å². The molecule has 58 valence electrons. The number of nitrogens with one attached hydrogen (secondary N) is 1. The molecule has 0 aromatic carbocycles. The highest BCUT2D eigenvalue weighted by Gasteiger charge is 2.02. The summed E-state index contributed by atoms with van der Waals surface area (Å²) in [4.78, 5) is 8.61. The molecule has 0 aliphatic carbocycles. The van der Waals surface area contributed by atoms with E-state index in [1.165, 1.54) is 0 Å². The van der Waals surface area contributed by atoms with Crippen molar-refractivity contribution in [1.29, 1.82) is 0 Å². The van der Waals surface area contributed by atoms with Crippen molar-refractivity contribution < 1.29 is 9.46 Å². The number of rotatable bonds is 2. The summed E-state index contributed by atoms with van der Waals surface area (Å²) in [5.41, 5.74) is 7.11. The predicted octanol–water partition coefficient (Wildman–Crippen LogP) is -0.337. The average Bonchev–Trinajstić information content (AvgIpc) is 1.59. The van der Waals surface area contributed by atoms with E-state index in [9.17, 15) is 4.57 Å². The topological polar surface area (TPSA) is 87.7 Å². The van der Waals surface area contributed by atoms with Crippen LogP contribution in [-0.4, -0.2) is 22.6 Å². The van der Waals surface area contributed by atoms with Gasteiger partial charge in [-0.2, -0.15) is 5.10 Å². The fraction of sp³-hybridized carbons (Fsp3) is 0.333. The zero-order valence-electron chi connectivity index (χ0n) is 5.31. The van der Waals surface area contributed by atoms with Crippen LogP contribution in [0.15, 0.2) is 5.10 Å². The molecular formula is C3H8N3O2PS. The zero-order chi connectivity index (χ0) is 8.20. The molecule has 5 nitrogen and oxygen atoms in total. The maximum absolute atomic E-state index is 10.5. The standard InChI is InChI=1S/C3H8N3O2PS/c1-9(7,8)2-5-6-3(4)10/h2H,1H3,(H,7,8)(H3,4,6,10). The lowest BCUT2D eigenvalue weighted by molar-refractivity contribution is 0.500. The Labute approximate surface area is 63.8 Å². The van der Waals surface area contributed by atoms with Crippen molar-refractivity contribution in [3.05, 3.63) is 0 Å². The summed E-state index contributed by atoms with van der Waals surface area (Å²) in [7, 11) is -3.19. The molecule has 0 saturated heterocycles. The van der Waals surface area contributed by atoms with E-state index in [1.54, 1.807) is 0 Å². The third-order valence-electron chi connectivity index (χ3n) is 0.447. The second kappa shape index (κ2) is 3.65. The summed E-state index contributed by atoms with van der Waals surface area (Å²) in [5.74, 6) is 0.867. The van der Waals surface area contributed by atoms with E-state index in [1.807, 2.05) is 0 Å². The van der Waals surface area contributed by atoms with Crippen LogP contribution in [0.2, 0.25) is 0 Å². The lowest BCUT2D eigenvalue weighted by Crippen LogP contribution is -2.23. The van der Waals surface area contributed by atoms with Gasteiger partial charge in [0, 0.05) is 6.66 Å². The first-order valence-electron chi connectivity index (χ1n) is 2.31. The summed E-state index contributed by atoms with van der Waals surface area (Å²) in [6, 6.07) is 0. The van der Waals surface area contributed by atoms with E-state index in [0.717, 1.165) is 12.6 Å². The summed E-state index contributed by atoms with van der Waals surface area (Å²) < 4.78 is 10.5. The molecule has 1 unspecified atom stereocenters. The lowest BCUT2D eigenvalue weighted by atomic mass is 11.2. The largest absolute Gasteiger partial charge is 0.375 e. The minimum Gasteiger partial charge on any atom is -0.375 e. The number of nitrogens with two attached hydrogens (primary N) is 1. The Hall–Kier alpha value is -0.450. The van der Waals surface area contributed by atoms with Crippen LogP contribution < -0.4 is 11.2 Å². The number of hydrogen-bond donors (Lipinski definition) is 3. The minimum atomic E-state index is -3.19. The van der Waals surface area contributed by atoms with Gasteiger partial charge in [0.25, 0.3) is 0 Å². The van der Waals surface area contributed by atoms with Crippen LogP contribution in [0.3, 0.4) is 0 Å². The van der Waals surface area contributed by atoms with Gasteiger partial charge in [0.15, 0.2) is 5.11 Å². The summed E-state index contributed by atoms with van der Waals surface area (Å²) in [6.07, 6.45) is 0. The average molecular weight is 181 g/mol. The highest BCUT2D eigenvalue weighted by atomic mass is 32.1. The monoisotopic (exact) mass is 181 g/mol. The van der Waals surface area contributed by atoms with Crippen LogP contribution in [0.25, 0.3) is 0 Å². The third kappa shape index (κ3) is 7.55. The van der Waals surface area contributed by atoms with Gasteiger partial charge in [-0.25, -0.2) is 0 Å². The van der Waals surface area contributed by atoms with Gasteiger partial charge in [-0.15, -0.1) is 0 Å². The van der Waals surface area contributed by atoms with Crippen LogP contribution in [0, 0.1) is 0 Å². The summed E-state index contributed by atoms with van der Waals surface area (Å²) >= 11 is 4.37. The van der Waals surface area contributed by atoms with Crippen LogP contribution in [-0.2, 0) is 4.57 Å². The Balaban J connectivity index is 3.79. The van der Waals surface area contributed by atoms with Crippen LogP contribution >= 0.6 is 19.6 Å². The molecule has 0 fully saturated rings. The quantitative estimate of drug-likeness (QED) is 0.235. The molecule has 1 atom stereocenters. The van der Waals surface area contributed by atoms with Crippen LogP contribution in [0.1, 0.15) is 0 Å². The Morgan fingerprint density at radius 1 is 2.00 bits per heavy atom. The van der Waals surface area contributed by atoms with Gasteiger partial charge in [0.2, 0.25) is 7.37 Å². The molecule has 4 N–H and O–H groups in total. The molecule has 0 aromatic heterocycles. The number of hydrazone groups is 1. The van der Waals surface area contributed by atoms with E-state index in [4.69, 9.17) is 10.6 Å². The van der Waals surface area contributed by atoms with E-state index in [-0.39, 0.29) is 5.11 Å². The maximum Gasteiger partial charge on any atom is 0.239 e. The maximum atomic E-state index is 10.5. The highest BCUT2D eigenvalue weighted by molar-refractivity contribution is 7.80. The fourth-order valence-electron chi connectivity index (χ4n) is 0.200. The van der Waals surface area contributed by atoms with Gasteiger partial charge in [-0.1, -0.05) is 0 Å². The smallest absolute Gasteiger partial charge is 0.239 e. The molecule has 0 spiro atoms. The molecule has 0 amide bonds. The molecule has 0 bridgehead atoms. The van der Waals surface area contributed by atoms with Crippen molar-refractivity contribution in [1.82, 2.24) is 5.43 Å². The van der Waals surface area contributed by atoms with Crippen molar-refractivity contribution >= 4 is 30.7 Å². The van der Waals surface area contributed by atoms with E-state index in [0.29, 0.717) is 0 Å².